The zero-order valence-corrected chi connectivity index (χ0v) is 10.7. The van der Waals surface area contributed by atoms with Crippen LogP contribution < -0.4 is 4.90 Å². The Kier molecular flexibility index (Phi) is 3.65. The second-order valence-corrected chi connectivity index (χ2v) is 4.49. The molecule has 1 heterocycles. The molecular weight excluding hydrogens is 230 g/mol. The maximum atomic E-state index is 11.8. The Balaban J connectivity index is 2.08. The average Bonchev–Trinajstić information content (AvgIpc) is 2.72. The van der Waals surface area contributed by atoms with Crippen LogP contribution in [0.4, 0.5) is 5.69 Å². The van der Waals surface area contributed by atoms with Crippen LogP contribution in [0, 0.1) is 12.8 Å². The molecule has 18 heavy (non-hydrogen) atoms. The van der Waals surface area contributed by atoms with E-state index in [-0.39, 0.29) is 12.3 Å². The summed E-state index contributed by atoms with van der Waals surface area (Å²) in [4.78, 5) is 25.3. The fourth-order valence-corrected chi connectivity index (χ4v) is 2.09. The van der Waals surface area contributed by atoms with Crippen LogP contribution in [0.25, 0.3) is 0 Å². The Bertz CT molecular complexity index is 453. The van der Waals surface area contributed by atoms with E-state index >= 15 is 0 Å². The summed E-state index contributed by atoms with van der Waals surface area (Å²) in [6.07, 6.45) is 0. The molecule has 0 aromatic heterocycles. The number of ether oxygens (including phenoxy) is 1. The predicted molar refractivity (Wildman–Crippen MR) is 68.5 cm³/mol. The van der Waals surface area contributed by atoms with Crippen LogP contribution >= 0.6 is 0 Å². The second-order valence-electron chi connectivity index (χ2n) is 4.49. The molecule has 0 amide bonds. The summed E-state index contributed by atoms with van der Waals surface area (Å²) in [5.74, 6) is -1.10. The van der Waals surface area contributed by atoms with Crippen molar-refractivity contribution in [1.29, 1.82) is 0 Å². The van der Waals surface area contributed by atoms with Crippen LogP contribution in [-0.4, -0.2) is 31.4 Å². The lowest BCUT2D eigenvalue weighted by Gasteiger charge is -2.17. The maximum Gasteiger partial charge on any atom is 0.318 e. The van der Waals surface area contributed by atoms with E-state index in [4.69, 9.17) is 4.74 Å². The summed E-state index contributed by atoms with van der Waals surface area (Å²) in [7, 11) is 0. The number of hydrogen-bond donors (Lipinski definition) is 0. The van der Waals surface area contributed by atoms with E-state index in [1.807, 2.05) is 36.1 Å². The normalized spacial score (nSPS) is 19.1. The summed E-state index contributed by atoms with van der Waals surface area (Å²) in [5.41, 5.74) is 2.15. The first-order chi connectivity index (χ1) is 8.61. The molecule has 0 aliphatic carbocycles. The lowest BCUT2D eigenvalue weighted by atomic mass is 10.1. The largest absolute Gasteiger partial charge is 0.465 e. The SMILES string of the molecule is CCOC(=O)C1CN(c2ccc(C)cc2)CC1=O. The third-order valence-electron chi connectivity index (χ3n) is 3.11. The van der Waals surface area contributed by atoms with Crippen molar-refractivity contribution >= 4 is 17.4 Å². The molecule has 1 fully saturated rings. The van der Waals surface area contributed by atoms with Gasteiger partial charge in [0.15, 0.2) is 5.78 Å². The summed E-state index contributed by atoms with van der Waals surface area (Å²) in [5, 5.41) is 0. The highest BCUT2D eigenvalue weighted by Gasteiger charge is 2.37. The Morgan fingerprint density at radius 3 is 2.67 bits per heavy atom. The van der Waals surface area contributed by atoms with Crippen molar-refractivity contribution < 1.29 is 14.3 Å². The van der Waals surface area contributed by atoms with Crippen LogP contribution in [0.5, 0.6) is 0 Å². The Morgan fingerprint density at radius 2 is 2.06 bits per heavy atom. The Morgan fingerprint density at radius 1 is 1.39 bits per heavy atom. The minimum atomic E-state index is -0.633. The molecule has 96 valence electrons. The summed E-state index contributed by atoms with van der Waals surface area (Å²) >= 11 is 0. The highest BCUT2D eigenvalue weighted by atomic mass is 16.5. The van der Waals surface area contributed by atoms with Crippen molar-refractivity contribution in [3.8, 4) is 0 Å². The highest BCUT2D eigenvalue weighted by molar-refractivity contribution is 6.04. The Hall–Kier alpha value is -1.84. The summed E-state index contributed by atoms with van der Waals surface area (Å²) in [6.45, 7) is 4.77. The number of benzene rings is 1. The number of nitrogens with zero attached hydrogens (tertiary/aromatic N) is 1. The molecule has 4 heteroatoms. The molecule has 0 bridgehead atoms. The number of carbonyl (C=O) groups excluding carboxylic acids is 2. The standard InChI is InChI=1S/C14H17NO3/c1-3-18-14(17)12-8-15(9-13(12)16)11-6-4-10(2)5-7-11/h4-7,12H,3,8-9H2,1-2H3. The molecule has 2 rings (SSSR count). The van der Waals surface area contributed by atoms with E-state index in [2.05, 4.69) is 0 Å². The molecule has 1 aromatic carbocycles. The van der Waals surface area contributed by atoms with Crippen LogP contribution in [0.2, 0.25) is 0 Å². The van der Waals surface area contributed by atoms with Gasteiger partial charge in [-0.05, 0) is 26.0 Å². The van der Waals surface area contributed by atoms with Crippen molar-refractivity contribution in [2.75, 3.05) is 24.6 Å². The van der Waals surface area contributed by atoms with E-state index in [0.717, 1.165) is 5.69 Å². The first-order valence-corrected chi connectivity index (χ1v) is 6.12. The molecule has 1 aromatic rings. The van der Waals surface area contributed by atoms with Crippen LogP contribution in [0.15, 0.2) is 24.3 Å². The monoisotopic (exact) mass is 247 g/mol. The van der Waals surface area contributed by atoms with Gasteiger partial charge in [-0.2, -0.15) is 0 Å². The number of carbonyl (C=O) groups is 2. The van der Waals surface area contributed by atoms with Gasteiger partial charge in [0.05, 0.1) is 13.2 Å². The fraction of sp³-hybridized carbons (Fsp3) is 0.429. The number of rotatable bonds is 3. The number of esters is 1. The van der Waals surface area contributed by atoms with Gasteiger partial charge < -0.3 is 9.64 Å². The van der Waals surface area contributed by atoms with Crippen molar-refractivity contribution in [2.45, 2.75) is 13.8 Å². The van der Waals surface area contributed by atoms with Gasteiger partial charge >= 0.3 is 5.97 Å². The van der Waals surface area contributed by atoms with Crippen molar-refractivity contribution in [3.63, 3.8) is 0 Å². The molecule has 0 saturated carbocycles. The lowest BCUT2D eigenvalue weighted by Crippen LogP contribution is -2.25. The maximum absolute atomic E-state index is 11.8. The third-order valence-corrected chi connectivity index (χ3v) is 3.11. The molecule has 1 aliphatic heterocycles. The molecular formula is C14H17NO3. The van der Waals surface area contributed by atoms with Gasteiger partial charge in [-0.3, -0.25) is 9.59 Å². The van der Waals surface area contributed by atoms with E-state index in [1.54, 1.807) is 6.92 Å². The van der Waals surface area contributed by atoms with Crippen molar-refractivity contribution in [2.24, 2.45) is 5.92 Å². The summed E-state index contributed by atoms with van der Waals surface area (Å²) in [6, 6.07) is 7.93. The smallest absolute Gasteiger partial charge is 0.318 e. The van der Waals surface area contributed by atoms with Crippen molar-refractivity contribution in [1.82, 2.24) is 0 Å². The number of aryl methyl sites for hydroxylation is 1. The number of hydrogen-bond acceptors (Lipinski definition) is 4. The Labute approximate surface area is 107 Å². The molecule has 0 radical (unpaired) electrons. The summed E-state index contributed by atoms with van der Waals surface area (Å²) < 4.78 is 4.91. The van der Waals surface area contributed by atoms with Crippen molar-refractivity contribution in [3.05, 3.63) is 29.8 Å². The van der Waals surface area contributed by atoms with Gasteiger partial charge in [0.25, 0.3) is 0 Å². The molecule has 1 atom stereocenters. The molecule has 1 aliphatic rings. The van der Waals surface area contributed by atoms with Crippen LogP contribution in [0.1, 0.15) is 12.5 Å². The average molecular weight is 247 g/mol. The number of ketones is 1. The van der Waals surface area contributed by atoms with E-state index in [9.17, 15) is 9.59 Å². The minimum Gasteiger partial charge on any atom is -0.465 e. The first-order valence-electron chi connectivity index (χ1n) is 6.12. The molecule has 0 N–H and O–H groups in total. The van der Waals surface area contributed by atoms with E-state index in [1.165, 1.54) is 5.56 Å². The lowest BCUT2D eigenvalue weighted by molar-refractivity contribution is -0.149. The van der Waals surface area contributed by atoms with Gasteiger partial charge in [-0.25, -0.2) is 0 Å². The van der Waals surface area contributed by atoms with Crippen LogP contribution in [0.3, 0.4) is 0 Å². The number of Topliss-reactive ketones (excluding diaryl/α,β-unsaturated/α-hetero) is 1. The second kappa shape index (κ2) is 5.21. The van der Waals surface area contributed by atoms with Gasteiger partial charge in [0, 0.05) is 12.2 Å². The van der Waals surface area contributed by atoms with Crippen LogP contribution in [-0.2, 0) is 14.3 Å². The molecule has 1 unspecified atom stereocenters. The number of anilines is 1. The van der Waals surface area contributed by atoms with Gasteiger partial charge in [-0.1, -0.05) is 17.7 Å². The highest BCUT2D eigenvalue weighted by Crippen LogP contribution is 2.22. The predicted octanol–water partition coefficient (Wildman–Crippen LogP) is 1.56. The van der Waals surface area contributed by atoms with Gasteiger partial charge in [0.1, 0.15) is 5.92 Å². The molecule has 4 nitrogen and oxygen atoms in total. The van der Waals surface area contributed by atoms with Gasteiger partial charge in [0.2, 0.25) is 0 Å². The fourth-order valence-electron chi connectivity index (χ4n) is 2.09. The van der Waals surface area contributed by atoms with E-state index in [0.29, 0.717) is 13.2 Å². The first kappa shape index (κ1) is 12.6. The van der Waals surface area contributed by atoms with E-state index < -0.39 is 11.9 Å². The third kappa shape index (κ3) is 2.53. The zero-order chi connectivity index (χ0) is 13.1. The molecule has 1 saturated heterocycles. The topological polar surface area (TPSA) is 46.6 Å². The zero-order valence-electron chi connectivity index (χ0n) is 10.7. The minimum absolute atomic E-state index is 0.0611. The quantitative estimate of drug-likeness (QED) is 0.601. The van der Waals surface area contributed by atoms with Gasteiger partial charge in [-0.15, -0.1) is 0 Å². The molecule has 0 spiro atoms.